The summed E-state index contributed by atoms with van der Waals surface area (Å²) in [5, 5.41) is 0. The Kier molecular flexibility index (Phi) is 1.34. The van der Waals surface area contributed by atoms with E-state index in [0.29, 0.717) is 10.7 Å². The van der Waals surface area contributed by atoms with Crippen molar-refractivity contribution in [2.24, 2.45) is 0 Å². The Balaban J connectivity index is 2.38. The molecule has 1 aliphatic rings. The quantitative estimate of drug-likeness (QED) is 0.699. The Hall–Kier alpha value is -0.310. The molecule has 0 aromatic carbocycles. The minimum atomic E-state index is 0.617. The van der Waals surface area contributed by atoms with Crippen molar-refractivity contribution in [1.82, 2.24) is 4.98 Å². The highest BCUT2D eigenvalue weighted by molar-refractivity contribution is 9.10. The van der Waals surface area contributed by atoms with Crippen LogP contribution in [0.25, 0.3) is 0 Å². The van der Waals surface area contributed by atoms with Gasteiger partial charge in [0.25, 0.3) is 4.80 Å². The maximum atomic E-state index is 5.22. The van der Waals surface area contributed by atoms with Gasteiger partial charge < -0.3 is 4.42 Å². The molecule has 3 heteroatoms. The summed E-state index contributed by atoms with van der Waals surface area (Å²) < 4.78 is 5.22. The average Bonchev–Trinajstić information content (AvgIpc) is 2.61. The van der Waals surface area contributed by atoms with Crippen LogP contribution in [-0.4, -0.2) is 4.98 Å². The summed E-state index contributed by atoms with van der Waals surface area (Å²) in [6.45, 7) is 1.96. The van der Waals surface area contributed by atoms with Crippen LogP contribution in [0.1, 0.15) is 30.2 Å². The van der Waals surface area contributed by atoms with Crippen LogP contribution in [0.3, 0.4) is 0 Å². The van der Waals surface area contributed by atoms with E-state index in [1.54, 1.807) is 0 Å². The summed E-state index contributed by atoms with van der Waals surface area (Å²) in [6, 6.07) is 0. The standard InChI is InChI=1S/C7H8BrNO/c1-4-6(5-2-3-5)9-7(8)10-4/h5H,2-3H2,1H3. The minimum absolute atomic E-state index is 0.617. The van der Waals surface area contributed by atoms with E-state index in [1.165, 1.54) is 12.8 Å². The highest BCUT2D eigenvalue weighted by Crippen LogP contribution is 2.41. The lowest BCUT2D eigenvalue weighted by Crippen LogP contribution is -1.80. The van der Waals surface area contributed by atoms with Crippen molar-refractivity contribution in [3.8, 4) is 0 Å². The molecule has 1 saturated carbocycles. The van der Waals surface area contributed by atoms with Gasteiger partial charge in [-0.05, 0) is 19.8 Å². The molecule has 0 unspecified atom stereocenters. The number of hydrogen-bond acceptors (Lipinski definition) is 2. The average molecular weight is 202 g/mol. The van der Waals surface area contributed by atoms with E-state index in [-0.39, 0.29) is 0 Å². The van der Waals surface area contributed by atoms with Crippen LogP contribution in [0, 0.1) is 6.92 Å². The van der Waals surface area contributed by atoms with Gasteiger partial charge in [-0.2, -0.15) is 0 Å². The molecule has 1 aliphatic carbocycles. The van der Waals surface area contributed by atoms with E-state index < -0.39 is 0 Å². The monoisotopic (exact) mass is 201 g/mol. The summed E-state index contributed by atoms with van der Waals surface area (Å²) in [4.78, 5) is 4.84. The van der Waals surface area contributed by atoms with E-state index in [0.717, 1.165) is 11.5 Å². The topological polar surface area (TPSA) is 26.0 Å². The molecular weight excluding hydrogens is 194 g/mol. The van der Waals surface area contributed by atoms with Gasteiger partial charge in [0.05, 0.1) is 5.69 Å². The zero-order chi connectivity index (χ0) is 7.14. The molecule has 2 rings (SSSR count). The second-order valence-corrected chi connectivity index (χ2v) is 3.36. The van der Waals surface area contributed by atoms with Crippen LogP contribution in [0.15, 0.2) is 9.22 Å². The number of rotatable bonds is 1. The molecule has 0 saturated heterocycles. The fraction of sp³-hybridized carbons (Fsp3) is 0.571. The van der Waals surface area contributed by atoms with E-state index in [1.807, 2.05) is 6.92 Å². The van der Waals surface area contributed by atoms with Gasteiger partial charge in [-0.3, -0.25) is 0 Å². The fourth-order valence-corrected chi connectivity index (χ4v) is 1.54. The van der Waals surface area contributed by atoms with Crippen LogP contribution in [0.5, 0.6) is 0 Å². The third-order valence-electron chi connectivity index (χ3n) is 1.77. The first-order valence-electron chi connectivity index (χ1n) is 3.40. The molecule has 10 heavy (non-hydrogen) atoms. The fourth-order valence-electron chi connectivity index (χ4n) is 1.11. The Morgan fingerprint density at radius 1 is 1.60 bits per heavy atom. The summed E-state index contributed by atoms with van der Waals surface area (Å²) in [5.74, 6) is 1.66. The second-order valence-electron chi connectivity index (χ2n) is 2.68. The smallest absolute Gasteiger partial charge is 0.264 e. The lowest BCUT2D eigenvalue weighted by atomic mass is 10.2. The van der Waals surface area contributed by atoms with Crippen molar-refractivity contribution in [3.05, 3.63) is 16.3 Å². The molecule has 2 nitrogen and oxygen atoms in total. The van der Waals surface area contributed by atoms with Crippen LogP contribution in [0.2, 0.25) is 0 Å². The van der Waals surface area contributed by atoms with Crippen molar-refractivity contribution >= 4 is 15.9 Å². The Labute approximate surface area is 67.8 Å². The molecule has 0 bridgehead atoms. The van der Waals surface area contributed by atoms with Crippen molar-refractivity contribution in [2.75, 3.05) is 0 Å². The number of aromatic nitrogens is 1. The summed E-state index contributed by atoms with van der Waals surface area (Å²) in [6.07, 6.45) is 2.56. The number of hydrogen-bond donors (Lipinski definition) is 0. The highest BCUT2D eigenvalue weighted by Gasteiger charge is 2.28. The van der Waals surface area contributed by atoms with Crippen LogP contribution >= 0.6 is 15.9 Å². The highest BCUT2D eigenvalue weighted by atomic mass is 79.9. The predicted molar refractivity (Wildman–Crippen MR) is 40.9 cm³/mol. The molecule has 54 valence electrons. The van der Waals surface area contributed by atoms with Gasteiger partial charge in [-0.1, -0.05) is 0 Å². The number of nitrogens with zero attached hydrogens (tertiary/aromatic N) is 1. The molecule has 0 spiro atoms. The molecule has 0 radical (unpaired) electrons. The molecule has 0 amide bonds. The van der Waals surface area contributed by atoms with Crippen molar-refractivity contribution in [2.45, 2.75) is 25.7 Å². The Morgan fingerprint density at radius 3 is 2.70 bits per heavy atom. The van der Waals surface area contributed by atoms with E-state index in [9.17, 15) is 0 Å². The van der Waals surface area contributed by atoms with E-state index >= 15 is 0 Å². The summed E-state index contributed by atoms with van der Waals surface area (Å²) in [7, 11) is 0. The van der Waals surface area contributed by atoms with Crippen LogP contribution < -0.4 is 0 Å². The summed E-state index contributed by atoms with van der Waals surface area (Å²) >= 11 is 3.20. The first-order chi connectivity index (χ1) is 4.77. The SMILES string of the molecule is Cc1oc(Br)nc1C1CC1. The lowest BCUT2D eigenvalue weighted by Gasteiger charge is -1.86. The molecule has 1 aromatic heterocycles. The van der Waals surface area contributed by atoms with Gasteiger partial charge in [0.15, 0.2) is 0 Å². The predicted octanol–water partition coefficient (Wildman–Crippen LogP) is 2.62. The molecule has 0 atom stereocenters. The number of aryl methyl sites for hydroxylation is 1. The molecule has 0 N–H and O–H groups in total. The zero-order valence-electron chi connectivity index (χ0n) is 5.72. The van der Waals surface area contributed by atoms with Gasteiger partial charge in [-0.15, -0.1) is 0 Å². The van der Waals surface area contributed by atoms with E-state index in [4.69, 9.17) is 4.42 Å². The molecule has 1 heterocycles. The third-order valence-corrected chi connectivity index (χ3v) is 2.11. The lowest BCUT2D eigenvalue weighted by molar-refractivity contribution is 0.498. The first-order valence-corrected chi connectivity index (χ1v) is 4.19. The van der Waals surface area contributed by atoms with Gasteiger partial charge in [0.1, 0.15) is 5.76 Å². The minimum Gasteiger partial charge on any atom is -0.436 e. The first kappa shape index (κ1) is 6.40. The zero-order valence-corrected chi connectivity index (χ0v) is 7.31. The molecule has 0 aliphatic heterocycles. The number of oxazole rings is 1. The third kappa shape index (κ3) is 0.985. The molecule has 1 fully saturated rings. The van der Waals surface area contributed by atoms with Crippen LogP contribution in [0.4, 0.5) is 0 Å². The van der Waals surface area contributed by atoms with Crippen molar-refractivity contribution in [3.63, 3.8) is 0 Å². The molecular formula is C7H8BrNO. The maximum Gasteiger partial charge on any atom is 0.264 e. The van der Waals surface area contributed by atoms with Gasteiger partial charge in [0, 0.05) is 21.8 Å². The maximum absolute atomic E-state index is 5.22. The van der Waals surface area contributed by atoms with Gasteiger partial charge >= 0.3 is 0 Å². The normalized spacial score (nSPS) is 17.8. The van der Waals surface area contributed by atoms with Crippen molar-refractivity contribution < 1.29 is 4.42 Å². The van der Waals surface area contributed by atoms with E-state index in [2.05, 4.69) is 20.9 Å². The largest absolute Gasteiger partial charge is 0.436 e. The Morgan fingerprint density at radius 2 is 2.30 bits per heavy atom. The molecule has 1 aromatic rings. The van der Waals surface area contributed by atoms with Gasteiger partial charge in [0.2, 0.25) is 0 Å². The van der Waals surface area contributed by atoms with Gasteiger partial charge in [-0.25, -0.2) is 4.98 Å². The van der Waals surface area contributed by atoms with Crippen molar-refractivity contribution in [1.29, 1.82) is 0 Å². The second kappa shape index (κ2) is 2.09. The Bertz CT molecular complexity index is 252. The summed E-state index contributed by atoms with van der Waals surface area (Å²) in [5.41, 5.74) is 1.15. The number of halogens is 1. The van der Waals surface area contributed by atoms with Crippen LogP contribution in [-0.2, 0) is 0 Å².